The molecule has 0 unspecified atom stereocenters. The van der Waals surface area contributed by atoms with Crippen LogP contribution in [0.4, 0.5) is 5.69 Å². The second kappa shape index (κ2) is 8.58. The molecule has 6 heteroatoms. The average molecular weight is 341 g/mol. The number of nitrogens with two attached hydrogens (primary N) is 1. The van der Waals surface area contributed by atoms with E-state index in [9.17, 15) is 4.79 Å². The summed E-state index contributed by atoms with van der Waals surface area (Å²) >= 11 is 3.37. The predicted molar refractivity (Wildman–Crippen MR) is 86.9 cm³/mol. The molecule has 0 aliphatic carbocycles. The Morgan fingerprint density at radius 1 is 1.45 bits per heavy atom. The number of unbranched alkanes of at least 4 members (excludes halogenated alkanes) is 1. The lowest BCUT2D eigenvalue weighted by Gasteiger charge is -2.08. The number of benzene rings is 1. The van der Waals surface area contributed by atoms with Gasteiger partial charge in [0, 0.05) is 16.7 Å². The van der Waals surface area contributed by atoms with Crippen LogP contribution < -0.4 is 16.4 Å². The Bertz CT molecular complexity index is 488. The lowest BCUT2D eigenvalue weighted by molar-refractivity contribution is -0.114. The second-order valence-electron chi connectivity index (χ2n) is 4.49. The summed E-state index contributed by atoms with van der Waals surface area (Å²) in [5.74, 6) is 0.117. The summed E-state index contributed by atoms with van der Waals surface area (Å²) in [6.45, 7) is 4.82. The topological polar surface area (TPSA) is 79.5 Å². The molecule has 0 fully saturated rings. The zero-order valence-electron chi connectivity index (χ0n) is 11.9. The number of carbonyl (C=O) groups excluding carboxylic acids is 1. The molecule has 0 spiro atoms. The van der Waals surface area contributed by atoms with Crippen LogP contribution in [0.1, 0.15) is 25.3 Å². The van der Waals surface area contributed by atoms with Crippen LogP contribution in [0.2, 0.25) is 0 Å². The normalized spacial score (nSPS) is 11.2. The Morgan fingerprint density at radius 2 is 2.20 bits per heavy atom. The minimum absolute atomic E-state index is 0.0108. The third-order valence-electron chi connectivity index (χ3n) is 2.70. The fourth-order valence-corrected chi connectivity index (χ4v) is 1.89. The van der Waals surface area contributed by atoms with Gasteiger partial charge in [-0.3, -0.25) is 4.79 Å². The Hall–Kier alpha value is -1.56. The number of nitrogens with zero attached hydrogens (tertiary/aromatic N) is 1. The molecule has 0 bridgehead atoms. The van der Waals surface area contributed by atoms with Gasteiger partial charge in [-0.2, -0.15) is 0 Å². The summed E-state index contributed by atoms with van der Waals surface area (Å²) in [5, 5.41) is 5.78. The number of carbonyl (C=O) groups is 1. The molecular weight excluding hydrogens is 320 g/mol. The van der Waals surface area contributed by atoms with Gasteiger partial charge in [0.25, 0.3) is 0 Å². The quantitative estimate of drug-likeness (QED) is 0.422. The molecule has 1 aromatic carbocycles. The minimum Gasteiger partial charge on any atom is -0.370 e. The first-order valence-corrected chi connectivity index (χ1v) is 7.42. The van der Waals surface area contributed by atoms with Crippen molar-refractivity contribution in [3.63, 3.8) is 0 Å². The van der Waals surface area contributed by atoms with Crippen molar-refractivity contribution in [1.82, 2.24) is 5.32 Å². The van der Waals surface area contributed by atoms with E-state index in [0.717, 1.165) is 35.1 Å². The van der Waals surface area contributed by atoms with Gasteiger partial charge < -0.3 is 16.4 Å². The summed E-state index contributed by atoms with van der Waals surface area (Å²) in [7, 11) is 0. The third-order valence-corrected chi connectivity index (χ3v) is 3.20. The molecule has 110 valence electrons. The van der Waals surface area contributed by atoms with Gasteiger partial charge in [0.2, 0.25) is 5.91 Å². The summed E-state index contributed by atoms with van der Waals surface area (Å²) < 4.78 is 0.919. The second-order valence-corrected chi connectivity index (χ2v) is 5.40. The van der Waals surface area contributed by atoms with Crippen molar-refractivity contribution in [2.45, 2.75) is 26.7 Å². The van der Waals surface area contributed by atoms with Gasteiger partial charge >= 0.3 is 0 Å². The highest BCUT2D eigenvalue weighted by atomic mass is 79.9. The number of aryl methyl sites for hydroxylation is 1. The largest absolute Gasteiger partial charge is 0.370 e. The van der Waals surface area contributed by atoms with Crippen LogP contribution in [0.3, 0.4) is 0 Å². The minimum atomic E-state index is -0.188. The molecule has 1 aromatic rings. The molecule has 5 nitrogen and oxygen atoms in total. The fourth-order valence-electron chi connectivity index (χ4n) is 1.52. The monoisotopic (exact) mass is 340 g/mol. The van der Waals surface area contributed by atoms with E-state index < -0.39 is 0 Å². The van der Waals surface area contributed by atoms with E-state index in [0.29, 0.717) is 5.96 Å². The van der Waals surface area contributed by atoms with Crippen molar-refractivity contribution in [2.75, 3.05) is 18.4 Å². The predicted octanol–water partition coefficient (Wildman–Crippen LogP) is 2.40. The van der Waals surface area contributed by atoms with Crippen molar-refractivity contribution in [2.24, 2.45) is 10.7 Å². The lowest BCUT2D eigenvalue weighted by atomic mass is 10.2. The standard InChI is InChI=1S/C14H21BrN4O/c1-3-4-7-17-14(16)18-9-13(20)19-12-8-11(15)6-5-10(12)2/h5-6,8H,3-4,7,9H2,1-2H3,(H,19,20)(H3,16,17,18). The molecule has 0 aromatic heterocycles. The van der Waals surface area contributed by atoms with Crippen LogP contribution in [0.15, 0.2) is 27.7 Å². The number of aliphatic imine (C=N–C) groups is 1. The molecule has 0 aliphatic heterocycles. The number of rotatable bonds is 6. The third kappa shape index (κ3) is 6.06. The van der Waals surface area contributed by atoms with Crippen molar-refractivity contribution >= 4 is 33.5 Å². The van der Waals surface area contributed by atoms with Crippen LogP contribution in [-0.2, 0) is 4.79 Å². The van der Waals surface area contributed by atoms with Crippen LogP contribution in [0.5, 0.6) is 0 Å². The Balaban J connectivity index is 2.47. The van der Waals surface area contributed by atoms with Crippen molar-refractivity contribution in [3.8, 4) is 0 Å². The zero-order valence-corrected chi connectivity index (χ0v) is 13.5. The molecule has 0 saturated carbocycles. The van der Waals surface area contributed by atoms with Crippen LogP contribution in [-0.4, -0.2) is 25.0 Å². The van der Waals surface area contributed by atoms with E-state index in [-0.39, 0.29) is 12.5 Å². The van der Waals surface area contributed by atoms with E-state index in [1.807, 2.05) is 25.1 Å². The summed E-state index contributed by atoms with van der Waals surface area (Å²) in [5.41, 5.74) is 7.44. The zero-order chi connectivity index (χ0) is 15.0. The van der Waals surface area contributed by atoms with Gasteiger partial charge in [-0.25, -0.2) is 4.99 Å². The fraction of sp³-hybridized carbons (Fsp3) is 0.429. The first-order chi connectivity index (χ1) is 9.52. The number of nitrogens with one attached hydrogen (secondary N) is 2. The molecule has 0 atom stereocenters. The SMILES string of the molecule is CCCCNC(N)=NCC(=O)Nc1cc(Br)ccc1C. The van der Waals surface area contributed by atoms with Gasteiger partial charge in [0.05, 0.1) is 0 Å². The number of hydrogen-bond acceptors (Lipinski definition) is 2. The summed E-state index contributed by atoms with van der Waals surface area (Å²) in [6, 6.07) is 5.72. The first-order valence-electron chi connectivity index (χ1n) is 6.62. The van der Waals surface area contributed by atoms with E-state index in [1.165, 1.54) is 0 Å². The number of guanidine groups is 1. The van der Waals surface area contributed by atoms with Gasteiger partial charge in [0.1, 0.15) is 6.54 Å². The Morgan fingerprint density at radius 3 is 2.90 bits per heavy atom. The Labute approximate surface area is 128 Å². The number of anilines is 1. The molecule has 0 radical (unpaired) electrons. The lowest BCUT2D eigenvalue weighted by Crippen LogP contribution is -2.33. The molecule has 1 rings (SSSR count). The highest BCUT2D eigenvalue weighted by molar-refractivity contribution is 9.10. The Kier molecular flexibility index (Phi) is 7.08. The van der Waals surface area contributed by atoms with Crippen molar-refractivity contribution < 1.29 is 4.79 Å². The highest BCUT2D eigenvalue weighted by Crippen LogP contribution is 2.20. The molecule has 0 aliphatic rings. The van der Waals surface area contributed by atoms with Crippen LogP contribution in [0, 0.1) is 6.92 Å². The summed E-state index contributed by atoms with van der Waals surface area (Å²) in [6.07, 6.45) is 2.11. The first kappa shape index (κ1) is 16.5. The van der Waals surface area contributed by atoms with Gasteiger partial charge in [0.15, 0.2) is 5.96 Å². The van der Waals surface area contributed by atoms with Gasteiger partial charge in [-0.05, 0) is 31.0 Å². The molecule has 20 heavy (non-hydrogen) atoms. The maximum absolute atomic E-state index is 11.8. The van der Waals surface area contributed by atoms with Crippen molar-refractivity contribution in [1.29, 1.82) is 0 Å². The summed E-state index contributed by atoms with van der Waals surface area (Å²) in [4.78, 5) is 15.8. The molecular formula is C14H21BrN4O. The maximum Gasteiger partial charge on any atom is 0.246 e. The van der Waals surface area contributed by atoms with E-state index in [4.69, 9.17) is 5.73 Å². The molecule has 0 heterocycles. The average Bonchev–Trinajstić information content (AvgIpc) is 2.41. The van der Waals surface area contributed by atoms with Gasteiger partial charge in [-0.1, -0.05) is 35.3 Å². The van der Waals surface area contributed by atoms with Crippen molar-refractivity contribution in [3.05, 3.63) is 28.2 Å². The highest BCUT2D eigenvalue weighted by Gasteiger charge is 2.05. The molecule has 0 saturated heterocycles. The molecule has 1 amide bonds. The van der Waals surface area contributed by atoms with E-state index >= 15 is 0 Å². The number of hydrogen-bond donors (Lipinski definition) is 3. The maximum atomic E-state index is 11.8. The van der Waals surface area contributed by atoms with E-state index in [2.05, 4.69) is 38.5 Å². The van der Waals surface area contributed by atoms with E-state index in [1.54, 1.807) is 0 Å². The number of amides is 1. The molecule has 4 N–H and O–H groups in total. The smallest absolute Gasteiger partial charge is 0.246 e. The van der Waals surface area contributed by atoms with Crippen LogP contribution >= 0.6 is 15.9 Å². The number of halogens is 1. The van der Waals surface area contributed by atoms with Gasteiger partial charge in [-0.15, -0.1) is 0 Å². The van der Waals surface area contributed by atoms with Crippen LogP contribution in [0.25, 0.3) is 0 Å².